The molecular weight excluding hydrogens is 318 g/mol. The third-order valence-electron chi connectivity index (χ3n) is 2.32. The molecule has 4 nitrogen and oxygen atoms in total. The molecule has 0 aliphatic rings. The highest BCUT2D eigenvalue weighted by molar-refractivity contribution is 9.10. The minimum atomic E-state index is 0.187. The molecule has 0 radical (unpaired) electrons. The highest BCUT2D eigenvalue weighted by atomic mass is 79.9. The summed E-state index contributed by atoms with van der Waals surface area (Å²) in [6.45, 7) is 2.01. The van der Waals surface area contributed by atoms with Crippen molar-refractivity contribution in [2.75, 3.05) is 12.4 Å². The van der Waals surface area contributed by atoms with Crippen LogP contribution in [0.25, 0.3) is 0 Å². The standard InChI is InChI=1S/C12H11BrClN3O/c1-7-3-4-10(18-2)9(5-7)16-11-8(13)6-15-12(14)17-11/h3-6H,1-2H3,(H,15,16,17). The fourth-order valence-electron chi connectivity index (χ4n) is 1.48. The second-order valence-corrected chi connectivity index (χ2v) is 4.86. The van der Waals surface area contributed by atoms with Gasteiger partial charge in [-0.1, -0.05) is 6.07 Å². The Bertz CT molecular complexity index is 577. The number of rotatable bonds is 3. The Balaban J connectivity index is 2.38. The van der Waals surface area contributed by atoms with Gasteiger partial charge >= 0.3 is 0 Å². The lowest BCUT2D eigenvalue weighted by molar-refractivity contribution is 0.416. The maximum Gasteiger partial charge on any atom is 0.224 e. The average molecular weight is 329 g/mol. The molecule has 1 aromatic heterocycles. The van der Waals surface area contributed by atoms with E-state index in [2.05, 4.69) is 31.2 Å². The molecule has 0 atom stereocenters. The number of ether oxygens (including phenoxy) is 1. The first-order chi connectivity index (χ1) is 8.60. The molecule has 0 amide bonds. The van der Waals surface area contributed by atoms with Gasteiger partial charge in [0.1, 0.15) is 11.6 Å². The lowest BCUT2D eigenvalue weighted by atomic mass is 10.2. The van der Waals surface area contributed by atoms with Crippen molar-refractivity contribution in [1.29, 1.82) is 0 Å². The van der Waals surface area contributed by atoms with Crippen molar-refractivity contribution in [2.24, 2.45) is 0 Å². The summed E-state index contributed by atoms with van der Waals surface area (Å²) in [4.78, 5) is 7.99. The van der Waals surface area contributed by atoms with E-state index in [0.717, 1.165) is 21.5 Å². The molecule has 2 aromatic rings. The van der Waals surface area contributed by atoms with Crippen molar-refractivity contribution in [3.8, 4) is 5.75 Å². The summed E-state index contributed by atoms with van der Waals surface area (Å²) in [6, 6.07) is 5.85. The summed E-state index contributed by atoms with van der Waals surface area (Å²) in [5, 5.41) is 3.35. The van der Waals surface area contributed by atoms with Crippen LogP contribution in [-0.2, 0) is 0 Å². The normalized spacial score (nSPS) is 10.2. The lowest BCUT2D eigenvalue weighted by Gasteiger charge is -2.12. The monoisotopic (exact) mass is 327 g/mol. The molecule has 94 valence electrons. The van der Waals surface area contributed by atoms with E-state index in [4.69, 9.17) is 16.3 Å². The Hall–Kier alpha value is -1.33. The molecule has 0 saturated carbocycles. The van der Waals surface area contributed by atoms with Crippen molar-refractivity contribution < 1.29 is 4.74 Å². The quantitative estimate of drug-likeness (QED) is 0.867. The fraction of sp³-hybridized carbons (Fsp3) is 0.167. The van der Waals surface area contributed by atoms with Crippen LogP contribution < -0.4 is 10.1 Å². The first-order valence-corrected chi connectivity index (χ1v) is 6.37. The minimum absolute atomic E-state index is 0.187. The van der Waals surface area contributed by atoms with Gasteiger partial charge in [-0.25, -0.2) is 4.98 Å². The number of hydrogen-bond acceptors (Lipinski definition) is 4. The number of halogens is 2. The molecule has 0 unspecified atom stereocenters. The number of nitrogens with zero attached hydrogens (tertiary/aromatic N) is 2. The van der Waals surface area contributed by atoms with E-state index in [-0.39, 0.29) is 5.28 Å². The molecule has 1 heterocycles. The van der Waals surface area contributed by atoms with Gasteiger partial charge in [-0.05, 0) is 52.2 Å². The Morgan fingerprint density at radius 3 is 2.89 bits per heavy atom. The van der Waals surface area contributed by atoms with Crippen LogP contribution in [0, 0.1) is 6.92 Å². The average Bonchev–Trinajstić information content (AvgIpc) is 2.34. The van der Waals surface area contributed by atoms with E-state index in [0.29, 0.717) is 5.82 Å². The molecule has 1 N–H and O–H groups in total. The third-order valence-corrected chi connectivity index (χ3v) is 3.09. The van der Waals surface area contributed by atoms with Gasteiger partial charge < -0.3 is 10.1 Å². The Kier molecular flexibility index (Phi) is 4.04. The van der Waals surface area contributed by atoms with Gasteiger partial charge in [0.2, 0.25) is 5.28 Å². The predicted octanol–water partition coefficient (Wildman–Crippen LogP) is 3.95. The molecule has 0 aliphatic carbocycles. The van der Waals surface area contributed by atoms with Crippen LogP contribution in [0.1, 0.15) is 5.56 Å². The Morgan fingerprint density at radius 1 is 1.39 bits per heavy atom. The van der Waals surface area contributed by atoms with Crippen LogP contribution in [0.2, 0.25) is 5.28 Å². The third kappa shape index (κ3) is 2.91. The summed E-state index contributed by atoms with van der Waals surface area (Å²) >= 11 is 9.14. The van der Waals surface area contributed by atoms with E-state index >= 15 is 0 Å². The molecule has 2 rings (SSSR count). The van der Waals surface area contributed by atoms with E-state index < -0.39 is 0 Å². The van der Waals surface area contributed by atoms with Gasteiger partial charge in [0.15, 0.2) is 0 Å². The minimum Gasteiger partial charge on any atom is -0.495 e. The molecular formula is C12H11BrClN3O. The Labute approximate surface area is 118 Å². The molecule has 0 fully saturated rings. The van der Waals surface area contributed by atoms with Crippen LogP contribution >= 0.6 is 27.5 Å². The number of aryl methyl sites for hydroxylation is 1. The second-order valence-electron chi connectivity index (χ2n) is 3.66. The molecule has 0 bridgehead atoms. The number of nitrogens with one attached hydrogen (secondary N) is 1. The molecule has 0 aliphatic heterocycles. The van der Waals surface area contributed by atoms with Crippen LogP contribution in [0.3, 0.4) is 0 Å². The van der Waals surface area contributed by atoms with Crippen molar-refractivity contribution in [3.63, 3.8) is 0 Å². The highest BCUT2D eigenvalue weighted by Gasteiger charge is 2.08. The first kappa shape index (κ1) is 13.1. The van der Waals surface area contributed by atoms with Crippen molar-refractivity contribution in [2.45, 2.75) is 6.92 Å². The number of anilines is 2. The summed E-state index contributed by atoms with van der Waals surface area (Å²) in [5.74, 6) is 1.33. The van der Waals surface area contributed by atoms with Gasteiger partial charge in [-0.15, -0.1) is 0 Å². The van der Waals surface area contributed by atoms with Gasteiger partial charge in [-0.3, -0.25) is 0 Å². The number of methoxy groups -OCH3 is 1. The maximum atomic E-state index is 5.77. The summed E-state index contributed by atoms with van der Waals surface area (Å²) in [7, 11) is 1.62. The zero-order valence-electron chi connectivity index (χ0n) is 9.87. The second kappa shape index (κ2) is 5.54. The molecule has 6 heteroatoms. The van der Waals surface area contributed by atoms with Crippen molar-refractivity contribution in [1.82, 2.24) is 9.97 Å². The van der Waals surface area contributed by atoms with Crippen LogP contribution in [0.5, 0.6) is 5.75 Å². The number of hydrogen-bond donors (Lipinski definition) is 1. The maximum absolute atomic E-state index is 5.77. The van der Waals surface area contributed by atoms with E-state index in [9.17, 15) is 0 Å². The van der Waals surface area contributed by atoms with Gasteiger partial charge in [-0.2, -0.15) is 4.98 Å². The SMILES string of the molecule is COc1ccc(C)cc1Nc1nc(Cl)ncc1Br. The first-order valence-electron chi connectivity index (χ1n) is 5.20. The molecule has 1 aromatic carbocycles. The molecule has 0 spiro atoms. The summed E-state index contributed by atoms with van der Waals surface area (Å²) in [6.07, 6.45) is 1.60. The van der Waals surface area contributed by atoms with Gasteiger partial charge in [0, 0.05) is 6.20 Å². The largest absolute Gasteiger partial charge is 0.495 e. The topological polar surface area (TPSA) is 47.0 Å². The van der Waals surface area contributed by atoms with E-state index in [1.165, 1.54) is 0 Å². The van der Waals surface area contributed by atoms with Crippen LogP contribution in [0.15, 0.2) is 28.9 Å². The van der Waals surface area contributed by atoms with Crippen molar-refractivity contribution >= 4 is 39.0 Å². The van der Waals surface area contributed by atoms with Gasteiger partial charge in [0.05, 0.1) is 17.3 Å². The Morgan fingerprint density at radius 2 is 2.17 bits per heavy atom. The highest BCUT2D eigenvalue weighted by Crippen LogP contribution is 2.30. The van der Waals surface area contributed by atoms with Crippen LogP contribution in [-0.4, -0.2) is 17.1 Å². The van der Waals surface area contributed by atoms with Crippen molar-refractivity contribution in [3.05, 3.63) is 39.7 Å². The smallest absolute Gasteiger partial charge is 0.224 e. The number of aromatic nitrogens is 2. The van der Waals surface area contributed by atoms with Crippen LogP contribution in [0.4, 0.5) is 11.5 Å². The zero-order valence-corrected chi connectivity index (χ0v) is 12.2. The van der Waals surface area contributed by atoms with E-state index in [1.54, 1.807) is 13.3 Å². The predicted molar refractivity (Wildman–Crippen MR) is 75.8 cm³/mol. The lowest BCUT2D eigenvalue weighted by Crippen LogP contribution is -1.99. The fourth-order valence-corrected chi connectivity index (χ4v) is 1.90. The molecule has 18 heavy (non-hydrogen) atoms. The van der Waals surface area contributed by atoms with E-state index in [1.807, 2.05) is 25.1 Å². The summed E-state index contributed by atoms with van der Waals surface area (Å²) in [5.41, 5.74) is 1.95. The molecule has 0 saturated heterocycles. The zero-order chi connectivity index (χ0) is 13.1. The summed E-state index contributed by atoms with van der Waals surface area (Å²) < 4.78 is 6.02. The number of benzene rings is 1. The van der Waals surface area contributed by atoms with Gasteiger partial charge in [0.25, 0.3) is 0 Å².